The minimum absolute atomic E-state index is 0.586. The first-order valence-corrected chi connectivity index (χ1v) is 10.2. The molecule has 5 heteroatoms. The Morgan fingerprint density at radius 1 is 0.759 bits per heavy atom. The van der Waals surface area contributed by atoms with E-state index in [1.807, 2.05) is 71.4 Å². The van der Waals surface area contributed by atoms with Gasteiger partial charge in [-0.25, -0.2) is 0 Å². The first kappa shape index (κ1) is 19.8. The minimum Gasteiger partial charge on any atom is -0.258 e. The third-order valence-electron chi connectivity index (χ3n) is 4.68. The summed E-state index contributed by atoms with van der Waals surface area (Å²) < 4.78 is 1.93. The van der Waals surface area contributed by atoms with Crippen LogP contribution in [-0.2, 0) is 6.54 Å². The molecule has 0 aliphatic carbocycles. The van der Waals surface area contributed by atoms with Crippen LogP contribution in [0.2, 0.25) is 15.1 Å². The molecule has 0 bridgehead atoms. The summed E-state index contributed by atoms with van der Waals surface area (Å²) in [5.74, 6) is 0. The summed E-state index contributed by atoms with van der Waals surface area (Å²) in [6.07, 6.45) is 1.83. The number of halogens is 3. The minimum atomic E-state index is 0.586. The predicted octanol–water partition coefficient (Wildman–Crippen LogP) is 7.87. The highest BCUT2D eigenvalue weighted by atomic mass is 35.5. The highest BCUT2D eigenvalue weighted by Gasteiger charge is 2.19. The Bertz CT molecular complexity index is 1140. The third kappa shape index (κ3) is 4.25. The summed E-state index contributed by atoms with van der Waals surface area (Å²) in [5, 5.41) is 6.78. The molecular weight excluding hydrogens is 423 g/mol. The van der Waals surface area contributed by atoms with Gasteiger partial charge in [0.1, 0.15) is 5.69 Å². The van der Waals surface area contributed by atoms with Crippen LogP contribution in [0.25, 0.3) is 28.6 Å². The molecule has 0 fully saturated rings. The molecule has 4 aromatic rings. The number of nitrogens with zero attached hydrogens (tertiary/aromatic N) is 2. The van der Waals surface area contributed by atoms with Gasteiger partial charge in [0.2, 0.25) is 0 Å². The number of hydrogen-bond donors (Lipinski definition) is 0. The van der Waals surface area contributed by atoms with Gasteiger partial charge in [-0.1, -0.05) is 96.0 Å². The maximum absolute atomic E-state index is 6.83. The molecule has 0 saturated heterocycles. The molecule has 0 spiro atoms. The summed E-state index contributed by atoms with van der Waals surface area (Å²) in [6, 6.07) is 23.3. The van der Waals surface area contributed by atoms with E-state index in [1.165, 1.54) is 0 Å². The van der Waals surface area contributed by atoms with Crippen molar-refractivity contribution in [3.63, 3.8) is 0 Å². The molecule has 0 radical (unpaired) electrons. The zero-order chi connectivity index (χ0) is 20.4. The van der Waals surface area contributed by atoms with Gasteiger partial charge in [0.05, 0.1) is 17.3 Å². The lowest BCUT2D eigenvalue weighted by Crippen LogP contribution is -2.04. The van der Waals surface area contributed by atoms with E-state index in [4.69, 9.17) is 39.9 Å². The Morgan fingerprint density at radius 2 is 1.31 bits per heavy atom. The summed E-state index contributed by atoms with van der Waals surface area (Å²) in [4.78, 5) is 0. The van der Waals surface area contributed by atoms with Crippen molar-refractivity contribution in [3.8, 4) is 22.5 Å². The fourth-order valence-corrected chi connectivity index (χ4v) is 3.77. The van der Waals surface area contributed by atoms with Crippen molar-refractivity contribution in [1.82, 2.24) is 9.78 Å². The Labute approximate surface area is 185 Å². The standard InChI is InChI=1S/C24H17Cl3N2/c1-2-16-3-5-17(6-4-16)15-29-24(19-9-13-21(26)14-10-19)22(27)23(28-29)18-7-11-20(25)12-8-18/h2-14H,1,15H2. The fourth-order valence-electron chi connectivity index (χ4n) is 3.16. The topological polar surface area (TPSA) is 17.8 Å². The van der Waals surface area contributed by atoms with Gasteiger partial charge in [-0.05, 0) is 35.4 Å². The van der Waals surface area contributed by atoms with Crippen LogP contribution in [0, 0.1) is 0 Å². The van der Waals surface area contributed by atoms with Gasteiger partial charge >= 0.3 is 0 Å². The highest BCUT2D eigenvalue weighted by molar-refractivity contribution is 6.36. The Morgan fingerprint density at radius 3 is 1.86 bits per heavy atom. The number of aromatic nitrogens is 2. The Balaban J connectivity index is 1.82. The Hall–Kier alpha value is -2.52. The van der Waals surface area contributed by atoms with Crippen LogP contribution in [0.3, 0.4) is 0 Å². The molecule has 0 amide bonds. The van der Waals surface area contributed by atoms with Gasteiger partial charge in [-0.3, -0.25) is 4.68 Å². The molecule has 29 heavy (non-hydrogen) atoms. The first-order valence-electron chi connectivity index (χ1n) is 9.04. The Kier molecular flexibility index (Phi) is 5.77. The largest absolute Gasteiger partial charge is 0.258 e. The molecule has 1 heterocycles. The molecule has 0 atom stereocenters. The van der Waals surface area contributed by atoms with E-state index in [9.17, 15) is 0 Å². The fraction of sp³-hybridized carbons (Fsp3) is 0.0417. The second kappa shape index (κ2) is 8.46. The predicted molar refractivity (Wildman–Crippen MR) is 124 cm³/mol. The van der Waals surface area contributed by atoms with Crippen molar-refractivity contribution in [1.29, 1.82) is 0 Å². The lowest BCUT2D eigenvalue weighted by molar-refractivity contribution is 0.697. The number of rotatable bonds is 5. The van der Waals surface area contributed by atoms with Crippen LogP contribution in [0.4, 0.5) is 0 Å². The molecule has 3 aromatic carbocycles. The normalized spacial score (nSPS) is 10.9. The lowest BCUT2D eigenvalue weighted by atomic mass is 10.1. The van der Waals surface area contributed by atoms with Crippen LogP contribution in [0.5, 0.6) is 0 Å². The number of benzene rings is 3. The SMILES string of the molecule is C=Cc1ccc(Cn2nc(-c3ccc(Cl)cc3)c(Cl)c2-c2ccc(Cl)cc2)cc1. The van der Waals surface area contributed by atoms with Crippen molar-refractivity contribution >= 4 is 40.9 Å². The number of hydrogen-bond acceptors (Lipinski definition) is 1. The van der Waals surface area contributed by atoms with Gasteiger partial charge in [0, 0.05) is 21.2 Å². The summed E-state index contributed by atoms with van der Waals surface area (Å²) in [6.45, 7) is 4.39. The monoisotopic (exact) mass is 438 g/mol. The van der Waals surface area contributed by atoms with Crippen molar-refractivity contribution < 1.29 is 0 Å². The molecule has 0 saturated carbocycles. The van der Waals surface area contributed by atoms with Crippen LogP contribution in [0.15, 0.2) is 79.4 Å². The molecule has 2 nitrogen and oxygen atoms in total. The first-order chi connectivity index (χ1) is 14.0. The molecular formula is C24H17Cl3N2. The van der Waals surface area contributed by atoms with Crippen LogP contribution in [-0.4, -0.2) is 9.78 Å². The second-order valence-electron chi connectivity index (χ2n) is 6.63. The van der Waals surface area contributed by atoms with Crippen LogP contribution >= 0.6 is 34.8 Å². The van der Waals surface area contributed by atoms with Crippen molar-refractivity contribution in [3.05, 3.63) is 106 Å². The van der Waals surface area contributed by atoms with E-state index >= 15 is 0 Å². The molecule has 0 aliphatic heterocycles. The maximum Gasteiger partial charge on any atom is 0.112 e. The quantitative estimate of drug-likeness (QED) is 0.309. The van der Waals surface area contributed by atoms with E-state index in [0.717, 1.165) is 33.6 Å². The molecule has 0 unspecified atom stereocenters. The van der Waals surface area contributed by atoms with E-state index in [2.05, 4.69) is 18.7 Å². The van der Waals surface area contributed by atoms with Crippen molar-refractivity contribution in [2.45, 2.75) is 6.54 Å². The highest BCUT2D eigenvalue weighted by Crippen LogP contribution is 2.37. The molecule has 4 rings (SSSR count). The summed E-state index contributed by atoms with van der Waals surface area (Å²) in [5.41, 5.74) is 5.63. The van der Waals surface area contributed by atoms with E-state index in [0.29, 0.717) is 21.6 Å². The average Bonchev–Trinajstić information content (AvgIpc) is 3.06. The van der Waals surface area contributed by atoms with E-state index < -0.39 is 0 Å². The lowest BCUT2D eigenvalue weighted by Gasteiger charge is -2.09. The summed E-state index contributed by atoms with van der Waals surface area (Å²) in [7, 11) is 0. The van der Waals surface area contributed by atoms with Gasteiger partial charge < -0.3 is 0 Å². The molecule has 144 valence electrons. The third-order valence-corrected chi connectivity index (χ3v) is 5.54. The van der Waals surface area contributed by atoms with Gasteiger partial charge in [-0.2, -0.15) is 5.10 Å². The van der Waals surface area contributed by atoms with E-state index in [1.54, 1.807) is 0 Å². The van der Waals surface area contributed by atoms with Gasteiger partial charge in [-0.15, -0.1) is 0 Å². The smallest absolute Gasteiger partial charge is 0.112 e. The van der Waals surface area contributed by atoms with Gasteiger partial charge in [0.15, 0.2) is 0 Å². The maximum atomic E-state index is 6.83. The zero-order valence-corrected chi connectivity index (χ0v) is 17.7. The van der Waals surface area contributed by atoms with Crippen molar-refractivity contribution in [2.75, 3.05) is 0 Å². The van der Waals surface area contributed by atoms with Crippen molar-refractivity contribution in [2.24, 2.45) is 0 Å². The van der Waals surface area contributed by atoms with Gasteiger partial charge in [0.25, 0.3) is 0 Å². The molecule has 0 aliphatic rings. The molecule has 0 N–H and O–H groups in total. The second-order valence-corrected chi connectivity index (χ2v) is 7.88. The van der Waals surface area contributed by atoms with Crippen LogP contribution < -0.4 is 0 Å². The zero-order valence-electron chi connectivity index (χ0n) is 15.4. The molecule has 1 aromatic heterocycles. The van der Waals surface area contributed by atoms with Crippen LogP contribution in [0.1, 0.15) is 11.1 Å². The average molecular weight is 440 g/mol. The summed E-state index contributed by atoms with van der Waals surface area (Å²) >= 11 is 18.9. The van der Waals surface area contributed by atoms with E-state index in [-0.39, 0.29) is 0 Å².